The molecule has 0 radical (unpaired) electrons. The molecule has 1 unspecified atom stereocenters. The molecule has 86 valence electrons. The highest BCUT2D eigenvalue weighted by Gasteiger charge is 2.32. The normalized spacial score (nSPS) is 18.8. The molecule has 7 heteroatoms. The molecule has 0 fully saturated rings. The lowest BCUT2D eigenvalue weighted by Crippen LogP contribution is -2.47. The number of anilines is 2. The molecule has 0 saturated heterocycles. The number of hydrogen-bond acceptors (Lipinski definition) is 5. The van der Waals surface area contributed by atoms with E-state index in [0.29, 0.717) is 11.5 Å². The van der Waals surface area contributed by atoms with Gasteiger partial charge in [-0.25, -0.2) is 4.98 Å². The van der Waals surface area contributed by atoms with E-state index in [9.17, 15) is 4.79 Å². The highest BCUT2D eigenvalue weighted by molar-refractivity contribution is 7.81. The van der Waals surface area contributed by atoms with Gasteiger partial charge in [0, 0.05) is 6.20 Å². The number of fused-ring (bicyclic) bond motifs is 1. The summed E-state index contributed by atoms with van der Waals surface area (Å²) in [7, 11) is 0. The minimum Gasteiger partial charge on any atom is -0.339 e. The molecule has 1 atom stereocenters. The van der Waals surface area contributed by atoms with Crippen molar-refractivity contribution in [2.24, 2.45) is 0 Å². The average molecular weight is 247 g/mol. The maximum atomic E-state index is 11.7. The summed E-state index contributed by atoms with van der Waals surface area (Å²) < 4.78 is 0. The fraction of sp³-hybridized carbons (Fsp3) is 0.100. The van der Waals surface area contributed by atoms with E-state index in [0.717, 1.165) is 5.69 Å². The molecule has 2 aromatic heterocycles. The number of carbonyl (C=O) groups excluding carboxylic acids is 1. The number of amides is 1. The third-order valence-corrected chi connectivity index (χ3v) is 2.86. The van der Waals surface area contributed by atoms with E-state index < -0.39 is 5.50 Å². The fourth-order valence-electron chi connectivity index (χ4n) is 1.77. The van der Waals surface area contributed by atoms with Crippen LogP contribution in [0.1, 0.15) is 10.5 Å². The highest BCUT2D eigenvalue weighted by atomic mass is 32.1. The van der Waals surface area contributed by atoms with Crippen LogP contribution in [0, 0.1) is 0 Å². The summed E-state index contributed by atoms with van der Waals surface area (Å²) in [5.41, 5.74) is 0.794. The Morgan fingerprint density at radius 2 is 2.35 bits per heavy atom. The maximum absolute atomic E-state index is 11.7. The van der Waals surface area contributed by atoms with Gasteiger partial charge in [0.05, 0.1) is 18.2 Å². The van der Waals surface area contributed by atoms with Crippen LogP contribution < -0.4 is 10.2 Å². The van der Waals surface area contributed by atoms with Crippen LogP contribution in [0.2, 0.25) is 0 Å². The number of carbonyl (C=O) groups is 1. The van der Waals surface area contributed by atoms with Gasteiger partial charge in [-0.05, 0) is 12.1 Å². The molecule has 1 aliphatic rings. The number of hydrogen-bond donors (Lipinski definition) is 3. The molecule has 17 heavy (non-hydrogen) atoms. The van der Waals surface area contributed by atoms with Crippen LogP contribution in [-0.4, -0.2) is 26.4 Å². The fourth-order valence-corrected chi connectivity index (χ4v) is 2.13. The molecule has 2 aromatic rings. The molecule has 6 nitrogen and oxygen atoms in total. The molecule has 0 aliphatic carbocycles. The molecule has 0 aromatic carbocycles. The molecular formula is C10H9N5OS. The Labute approximate surface area is 102 Å². The molecule has 0 saturated carbocycles. The van der Waals surface area contributed by atoms with Gasteiger partial charge in [-0.3, -0.25) is 14.7 Å². The van der Waals surface area contributed by atoms with Crippen molar-refractivity contribution in [3.63, 3.8) is 0 Å². The van der Waals surface area contributed by atoms with Crippen LogP contribution in [0.3, 0.4) is 0 Å². The number of thiol groups is 1. The van der Waals surface area contributed by atoms with Crippen molar-refractivity contribution in [2.45, 2.75) is 5.50 Å². The molecular weight excluding hydrogens is 238 g/mol. The van der Waals surface area contributed by atoms with E-state index in [2.05, 4.69) is 32.9 Å². The van der Waals surface area contributed by atoms with Gasteiger partial charge in [0.1, 0.15) is 5.69 Å². The van der Waals surface area contributed by atoms with Crippen molar-refractivity contribution >= 4 is 30.0 Å². The number of nitrogens with one attached hydrogen (secondary N) is 2. The first-order valence-corrected chi connectivity index (χ1v) is 5.50. The quantitative estimate of drug-likeness (QED) is 0.655. The van der Waals surface area contributed by atoms with Gasteiger partial charge in [-0.2, -0.15) is 0 Å². The smallest absolute Gasteiger partial charge is 0.273 e. The van der Waals surface area contributed by atoms with Crippen molar-refractivity contribution in [1.82, 2.24) is 20.3 Å². The van der Waals surface area contributed by atoms with Crippen molar-refractivity contribution < 1.29 is 4.79 Å². The van der Waals surface area contributed by atoms with Gasteiger partial charge >= 0.3 is 0 Å². The zero-order valence-electron chi connectivity index (χ0n) is 8.66. The van der Waals surface area contributed by atoms with E-state index in [1.54, 1.807) is 17.3 Å². The highest BCUT2D eigenvalue weighted by Crippen LogP contribution is 2.31. The molecule has 3 heterocycles. The van der Waals surface area contributed by atoms with E-state index in [1.807, 2.05) is 12.1 Å². The lowest BCUT2D eigenvalue weighted by Gasteiger charge is -2.32. The first-order valence-electron chi connectivity index (χ1n) is 4.99. The second kappa shape index (κ2) is 3.77. The molecule has 0 spiro atoms. The number of aromatic nitrogens is 3. The monoisotopic (exact) mass is 247 g/mol. The van der Waals surface area contributed by atoms with Crippen LogP contribution in [-0.2, 0) is 0 Å². The number of imidazole rings is 1. The molecule has 1 amide bonds. The third-order valence-electron chi connectivity index (χ3n) is 2.50. The summed E-state index contributed by atoms with van der Waals surface area (Å²) in [6.45, 7) is 0. The SMILES string of the molecule is O=C1NC(S)N(c2cccnc2)c2nc[nH]c21. The number of nitrogens with zero attached hydrogens (tertiary/aromatic N) is 3. The Balaban J connectivity index is 2.12. The van der Waals surface area contributed by atoms with Crippen LogP contribution in [0.4, 0.5) is 11.5 Å². The lowest BCUT2D eigenvalue weighted by atomic mass is 10.3. The Morgan fingerprint density at radius 3 is 3.12 bits per heavy atom. The first-order chi connectivity index (χ1) is 8.27. The molecule has 2 N–H and O–H groups in total. The standard InChI is InChI=1S/C10H9N5OS/c16-9-7-8(13-5-12-7)15(10(17)14-9)6-2-1-3-11-4-6/h1-5,10,17H,(H,12,13)(H,14,16). The second-order valence-corrected chi connectivity index (χ2v) is 4.02. The van der Waals surface area contributed by atoms with Crippen LogP contribution in [0.15, 0.2) is 30.9 Å². The number of H-pyrrole nitrogens is 1. The minimum atomic E-state index is -0.456. The van der Waals surface area contributed by atoms with Crippen LogP contribution in [0.5, 0.6) is 0 Å². The van der Waals surface area contributed by atoms with Gasteiger partial charge in [0.15, 0.2) is 11.3 Å². The Hall–Kier alpha value is -2.02. The topological polar surface area (TPSA) is 73.9 Å². The number of aromatic amines is 1. The molecule has 0 bridgehead atoms. The average Bonchev–Trinajstić information content (AvgIpc) is 2.79. The van der Waals surface area contributed by atoms with Crippen LogP contribution in [0.25, 0.3) is 0 Å². The third kappa shape index (κ3) is 1.55. The second-order valence-electron chi connectivity index (χ2n) is 3.53. The Bertz CT molecular complexity index is 555. The molecule has 3 rings (SSSR count). The summed E-state index contributed by atoms with van der Waals surface area (Å²) in [4.78, 5) is 24.5. The number of pyridine rings is 1. The summed E-state index contributed by atoms with van der Waals surface area (Å²) in [6, 6.07) is 3.70. The van der Waals surface area contributed by atoms with E-state index >= 15 is 0 Å². The van der Waals surface area contributed by atoms with Gasteiger partial charge in [-0.15, -0.1) is 12.6 Å². The van der Waals surface area contributed by atoms with Gasteiger partial charge in [-0.1, -0.05) is 0 Å². The summed E-state index contributed by atoms with van der Waals surface area (Å²) in [6.07, 6.45) is 4.86. The number of rotatable bonds is 1. The lowest BCUT2D eigenvalue weighted by molar-refractivity contribution is 0.0940. The van der Waals surface area contributed by atoms with Crippen LogP contribution >= 0.6 is 12.6 Å². The van der Waals surface area contributed by atoms with Gasteiger partial charge in [0.25, 0.3) is 5.91 Å². The van der Waals surface area contributed by atoms with Gasteiger partial charge < -0.3 is 10.3 Å². The van der Waals surface area contributed by atoms with E-state index in [4.69, 9.17) is 0 Å². The molecule has 1 aliphatic heterocycles. The Morgan fingerprint density at radius 1 is 1.47 bits per heavy atom. The zero-order chi connectivity index (χ0) is 11.8. The van der Waals surface area contributed by atoms with E-state index in [-0.39, 0.29) is 5.91 Å². The predicted octanol–water partition coefficient (Wildman–Crippen LogP) is 0.900. The summed E-state index contributed by atoms with van der Waals surface area (Å²) >= 11 is 4.34. The minimum absolute atomic E-state index is 0.211. The predicted molar refractivity (Wildman–Crippen MR) is 65.2 cm³/mol. The summed E-state index contributed by atoms with van der Waals surface area (Å²) in [5.74, 6) is 0.347. The largest absolute Gasteiger partial charge is 0.339 e. The van der Waals surface area contributed by atoms with Crippen molar-refractivity contribution in [1.29, 1.82) is 0 Å². The van der Waals surface area contributed by atoms with E-state index in [1.165, 1.54) is 6.33 Å². The van der Waals surface area contributed by atoms with Crippen molar-refractivity contribution in [3.05, 3.63) is 36.5 Å². The first kappa shape index (κ1) is 10.2. The zero-order valence-corrected chi connectivity index (χ0v) is 9.56. The Kier molecular flexibility index (Phi) is 2.25. The maximum Gasteiger partial charge on any atom is 0.273 e. The van der Waals surface area contributed by atoms with Crippen molar-refractivity contribution in [2.75, 3.05) is 4.90 Å². The van der Waals surface area contributed by atoms with Crippen molar-refractivity contribution in [3.8, 4) is 0 Å². The summed E-state index contributed by atoms with van der Waals surface area (Å²) in [5, 5.41) is 2.72. The van der Waals surface area contributed by atoms with Gasteiger partial charge in [0.2, 0.25) is 0 Å².